The summed E-state index contributed by atoms with van der Waals surface area (Å²) in [5.74, 6) is 0.585. The highest BCUT2D eigenvalue weighted by Gasteiger charge is 2.02. The number of aromatic nitrogens is 1. The van der Waals surface area contributed by atoms with Gasteiger partial charge in [0.2, 0.25) is 5.88 Å². The highest BCUT2D eigenvalue weighted by Crippen LogP contribution is 2.15. The van der Waals surface area contributed by atoms with Crippen molar-refractivity contribution in [3.63, 3.8) is 0 Å². The number of carbonyl (C=O) groups is 1. The molecule has 0 saturated carbocycles. The smallest absolute Gasteiger partial charge is 0.216 e. The number of ether oxygens (including phenoxy) is 1. The van der Waals surface area contributed by atoms with Crippen LogP contribution in [0.3, 0.4) is 0 Å². The van der Waals surface area contributed by atoms with Crippen LogP contribution < -0.4 is 4.74 Å². The molecular formula is C12H15NO2. The van der Waals surface area contributed by atoms with Gasteiger partial charge in [0.05, 0.1) is 6.61 Å². The molecule has 0 fully saturated rings. The Balaban J connectivity index is 2.62. The van der Waals surface area contributed by atoms with Gasteiger partial charge in [0.25, 0.3) is 0 Å². The van der Waals surface area contributed by atoms with Crippen LogP contribution in [0.2, 0.25) is 0 Å². The lowest BCUT2D eigenvalue weighted by Crippen LogP contribution is -2.01. The lowest BCUT2D eigenvalue weighted by atomic mass is 10.2. The largest absolute Gasteiger partial charge is 0.477 e. The monoisotopic (exact) mass is 205 g/mol. The van der Waals surface area contributed by atoms with Crippen molar-refractivity contribution in [1.82, 2.24) is 4.98 Å². The summed E-state index contributed by atoms with van der Waals surface area (Å²) in [6.07, 6.45) is 3.10. The van der Waals surface area contributed by atoms with Gasteiger partial charge in [-0.1, -0.05) is 5.57 Å². The third-order valence-corrected chi connectivity index (χ3v) is 1.96. The van der Waals surface area contributed by atoms with Gasteiger partial charge in [0.1, 0.15) is 0 Å². The topological polar surface area (TPSA) is 39.2 Å². The minimum atomic E-state index is 0.569. The molecule has 0 aliphatic heterocycles. The fraction of sp³-hybridized carbons (Fsp3) is 0.333. The van der Waals surface area contributed by atoms with Crippen LogP contribution in [0.1, 0.15) is 29.3 Å². The zero-order valence-electron chi connectivity index (χ0n) is 9.12. The van der Waals surface area contributed by atoms with Gasteiger partial charge in [-0.3, -0.25) is 4.79 Å². The Morgan fingerprint density at radius 1 is 1.67 bits per heavy atom. The Labute approximate surface area is 89.8 Å². The molecule has 1 rings (SSSR count). The van der Waals surface area contributed by atoms with E-state index in [2.05, 4.69) is 11.6 Å². The molecule has 3 heteroatoms. The molecule has 0 saturated heterocycles. The molecule has 0 spiro atoms. The Morgan fingerprint density at radius 3 is 2.93 bits per heavy atom. The third-order valence-electron chi connectivity index (χ3n) is 1.96. The van der Waals surface area contributed by atoms with Gasteiger partial charge in [0.15, 0.2) is 6.29 Å². The number of nitrogens with zero attached hydrogens (tertiary/aromatic N) is 1. The lowest BCUT2D eigenvalue weighted by molar-refractivity contribution is 0.112. The van der Waals surface area contributed by atoms with Crippen molar-refractivity contribution in [3.05, 3.63) is 35.5 Å². The van der Waals surface area contributed by atoms with Gasteiger partial charge in [-0.2, -0.15) is 0 Å². The first-order valence-electron chi connectivity index (χ1n) is 4.82. The maximum atomic E-state index is 10.5. The molecule has 3 nitrogen and oxygen atoms in total. The quantitative estimate of drug-likeness (QED) is 0.547. The SMILES string of the molecule is C=C(C)CCOc1ncc(C=O)cc1C. The Kier molecular flexibility index (Phi) is 4.03. The predicted molar refractivity (Wildman–Crippen MR) is 59.3 cm³/mol. The van der Waals surface area contributed by atoms with Crippen molar-refractivity contribution in [3.8, 4) is 5.88 Å². The molecule has 0 bridgehead atoms. The fourth-order valence-corrected chi connectivity index (χ4v) is 1.12. The van der Waals surface area contributed by atoms with Crippen LogP contribution in [0.25, 0.3) is 0 Å². The van der Waals surface area contributed by atoms with Crippen molar-refractivity contribution < 1.29 is 9.53 Å². The van der Waals surface area contributed by atoms with Crippen LogP contribution >= 0.6 is 0 Å². The second kappa shape index (κ2) is 5.29. The first-order chi connectivity index (χ1) is 7.13. The molecule has 0 N–H and O–H groups in total. The summed E-state index contributed by atoms with van der Waals surface area (Å²) in [7, 11) is 0. The Bertz CT molecular complexity index is 372. The lowest BCUT2D eigenvalue weighted by Gasteiger charge is -2.07. The van der Waals surface area contributed by atoms with Gasteiger partial charge in [-0.15, -0.1) is 6.58 Å². The van der Waals surface area contributed by atoms with Crippen LogP contribution in [-0.4, -0.2) is 17.9 Å². The molecule has 0 atom stereocenters. The number of hydrogen-bond acceptors (Lipinski definition) is 3. The van der Waals surface area contributed by atoms with E-state index in [1.54, 1.807) is 6.07 Å². The summed E-state index contributed by atoms with van der Waals surface area (Å²) in [6, 6.07) is 1.76. The Hall–Kier alpha value is -1.64. The summed E-state index contributed by atoms with van der Waals surface area (Å²) >= 11 is 0. The van der Waals surface area contributed by atoms with E-state index in [4.69, 9.17) is 4.74 Å². The molecule has 0 aromatic carbocycles. The van der Waals surface area contributed by atoms with E-state index in [1.807, 2.05) is 13.8 Å². The van der Waals surface area contributed by atoms with E-state index in [0.717, 1.165) is 23.8 Å². The maximum Gasteiger partial charge on any atom is 0.216 e. The number of aryl methyl sites for hydroxylation is 1. The van der Waals surface area contributed by atoms with Gasteiger partial charge in [-0.05, 0) is 19.9 Å². The number of hydrogen-bond donors (Lipinski definition) is 0. The second-order valence-electron chi connectivity index (χ2n) is 3.56. The van der Waals surface area contributed by atoms with Gasteiger partial charge < -0.3 is 4.74 Å². The first kappa shape index (κ1) is 11.4. The van der Waals surface area contributed by atoms with Crippen LogP contribution in [-0.2, 0) is 0 Å². The summed E-state index contributed by atoms with van der Waals surface area (Å²) < 4.78 is 5.46. The van der Waals surface area contributed by atoms with Crippen molar-refractivity contribution in [2.75, 3.05) is 6.61 Å². The molecular weight excluding hydrogens is 190 g/mol. The van der Waals surface area contributed by atoms with E-state index >= 15 is 0 Å². The van der Waals surface area contributed by atoms with Crippen molar-refractivity contribution >= 4 is 6.29 Å². The normalized spacial score (nSPS) is 9.73. The molecule has 0 aliphatic carbocycles. The average Bonchev–Trinajstić information content (AvgIpc) is 2.20. The minimum Gasteiger partial charge on any atom is -0.477 e. The number of pyridine rings is 1. The molecule has 80 valence electrons. The minimum absolute atomic E-state index is 0.569. The number of rotatable bonds is 5. The second-order valence-corrected chi connectivity index (χ2v) is 3.56. The van der Waals surface area contributed by atoms with Crippen molar-refractivity contribution in [1.29, 1.82) is 0 Å². The summed E-state index contributed by atoms with van der Waals surface area (Å²) in [6.45, 7) is 8.19. The summed E-state index contributed by atoms with van der Waals surface area (Å²) in [4.78, 5) is 14.5. The highest BCUT2D eigenvalue weighted by atomic mass is 16.5. The van der Waals surface area contributed by atoms with E-state index in [0.29, 0.717) is 18.1 Å². The molecule has 1 heterocycles. The average molecular weight is 205 g/mol. The molecule has 15 heavy (non-hydrogen) atoms. The molecule has 0 aliphatic rings. The zero-order chi connectivity index (χ0) is 11.3. The molecule has 1 aromatic rings. The van der Waals surface area contributed by atoms with E-state index in [1.165, 1.54) is 6.20 Å². The maximum absolute atomic E-state index is 10.5. The van der Waals surface area contributed by atoms with E-state index in [9.17, 15) is 4.79 Å². The third kappa shape index (κ3) is 3.54. The summed E-state index contributed by atoms with van der Waals surface area (Å²) in [5.41, 5.74) is 2.53. The van der Waals surface area contributed by atoms with Crippen LogP contribution in [0.4, 0.5) is 0 Å². The van der Waals surface area contributed by atoms with E-state index in [-0.39, 0.29) is 0 Å². The highest BCUT2D eigenvalue weighted by molar-refractivity contribution is 5.74. The number of aldehydes is 1. The van der Waals surface area contributed by atoms with Crippen LogP contribution in [0.15, 0.2) is 24.4 Å². The first-order valence-corrected chi connectivity index (χ1v) is 4.82. The van der Waals surface area contributed by atoms with Gasteiger partial charge in [-0.25, -0.2) is 4.98 Å². The van der Waals surface area contributed by atoms with Crippen LogP contribution in [0.5, 0.6) is 5.88 Å². The number of carbonyl (C=O) groups excluding carboxylic acids is 1. The van der Waals surface area contributed by atoms with Gasteiger partial charge in [0, 0.05) is 23.7 Å². The molecule has 1 aromatic heterocycles. The van der Waals surface area contributed by atoms with E-state index < -0.39 is 0 Å². The predicted octanol–water partition coefficient (Wildman–Crippen LogP) is 2.55. The fourth-order valence-electron chi connectivity index (χ4n) is 1.12. The summed E-state index contributed by atoms with van der Waals surface area (Å²) in [5, 5.41) is 0. The molecule has 0 amide bonds. The Morgan fingerprint density at radius 2 is 2.40 bits per heavy atom. The van der Waals surface area contributed by atoms with Crippen molar-refractivity contribution in [2.24, 2.45) is 0 Å². The van der Waals surface area contributed by atoms with Crippen LogP contribution in [0, 0.1) is 6.92 Å². The zero-order valence-corrected chi connectivity index (χ0v) is 9.12. The molecule has 0 radical (unpaired) electrons. The standard InChI is InChI=1S/C12H15NO2/c1-9(2)4-5-15-12-10(3)6-11(8-14)7-13-12/h6-8H,1,4-5H2,2-3H3. The van der Waals surface area contributed by atoms with Gasteiger partial charge >= 0.3 is 0 Å². The molecule has 0 unspecified atom stereocenters. The van der Waals surface area contributed by atoms with Crippen molar-refractivity contribution in [2.45, 2.75) is 20.3 Å².